The van der Waals surface area contributed by atoms with Crippen LogP contribution in [0.25, 0.3) is 0 Å². The fourth-order valence-electron chi connectivity index (χ4n) is 1.59. The summed E-state index contributed by atoms with van der Waals surface area (Å²) in [4.78, 5) is 2.06. The van der Waals surface area contributed by atoms with Crippen LogP contribution in [0.3, 0.4) is 0 Å². The van der Waals surface area contributed by atoms with Gasteiger partial charge < -0.3 is 15.7 Å². The summed E-state index contributed by atoms with van der Waals surface area (Å²) >= 11 is 0. The molecule has 0 aliphatic heterocycles. The Morgan fingerprint density at radius 3 is 2.47 bits per heavy atom. The van der Waals surface area contributed by atoms with E-state index in [1.54, 1.807) is 0 Å². The van der Waals surface area contributed by atoms with E-state index < -0.39 is 5.54 Å². The minimum Gasteiger partial charge on any atom is -0.394 e. The molecule has 3 heteroatoms. The number of nitrogens with two attached hydrogens (primary N) is 1. The molecule has 15 heavy (non-hydrogen) atoms. The number of nitrogens with zero attached hydrogens (tertiary/aromatic N) is 1. The van der Waals surface area contributed by atoms with Gasteiger partial charge in [-0.05, 0) is 25.0 Å². The SMILES string of the molecule is CN(C)c1ccccc1CC(C)(N)CO. The molecule has 0 amide bonds. The summed E-state index contributed by atoms with van der Waals surface area (Å²) in [5.41, 5.74) is 7.72. The molecule has 0 aromatic heterocycles. The van der Waals surface area contributed by atoms with Crippen LogP contribution < -0.4 is 10.6 Å². The number of hydrogen-bond acceptors (Lipinski definition) is 3. The van der Waals surface area contributed by atoms with E-state index in [1.165, 1.54) is 5.56 Å². The predicted octanol–water partition coefficient (Wildman–Crippen LogP) is 1.00. The fourth-order valence-corrected chi connectivity index (χ4v) is 1.59. The van der Waals surface area contributed by atoms with Crippen molar-refractivity contribution >= 4 is 5.69 Å². The first-order chi connectivity index (χ1) is 6.96. The fraction of sp³-hybridized carbons (Fsp3) is 0.500. The van der Waals surface area contributed by atoms with Crippen LogP contribution >= 0.6 is 0 Å². The first-order valence-corrected chi connectivity index (χ1v) is 5.11. The van der Waals surface area contributed by atoms with Gasteiger partial charge in [0.1, 0.15) is 0 Å². The summed E-state index contributed by atoms with van der Waals surface area (Å²) in [5, 5.41) is 9.15. The van der Waals surface area contributed by atoms with Gasteiger partial charge in [-0.15, -0.1) is 0 Å². The topological polar surface area (TPSA) is 49.5 Å². The lowest BCUT2D eigenvalue weighted by Crippen LogP contribution is -2.42. The highest BCUT2D eigenvalue weighted by atomic mass is 16.3. The molecule has 0 fully saturated rings. The van der Waals surface area contributed by atoms with Crippen LogP contribution in [0.5, 0.6) is 0 Å². The summed E-state index contributed by atoms with van der Waals surface area (Å²) in [6.45, 7) is 1.86. The van der Waals surface area contributed by atoms with E-state index in [4.69, 9.17) is 10.8 Å². The van der Waals surface area contributed by atoms with Gasteiger partial charge in [-0.2, -0.15) is 0 Å². The van der Waals surface area contributed by atoms with Gasteiger partial charge in [0.05, 0.1) is 6.61 Å². The number of rotatable bonds is 4. The molecule has 1 rings (SSSR count). The first-order valence-electron chi connectivity index (χ1n) is 5.11. The maximum Gasteiger partial charge on any atom is 0.0611 e. The molecule has 0 heterocycles. The Kier molecular flexibility index (Phi) is 3.72. The molecule has 1 unspecified atom stereocenters. The molecule has 0 aliphatic carbocycles. The third-order valence-electron chi connectivity index (χ3n) is 2.43. The van der Waals surface area contributed by atoms with Crippen LogP contribution in [0.4, 0.5) is 5.69 Å². The van der Waals surface area contributed by atoms with E-state index in [0.29, 0.717) is 6.42 Å². The van der Waals surface area contributed by atoms with Gasteiger partial charge in [-0.25, -0.2) is 0 Å². The second kappa shape index (κ2) is 4.64. The predicted molar refractivity (Wildman–Crippen MR) is 64.2 cm³/mol. The lowest BCUT2D eigenvalue weighted by molar-refractivity contribution is 0.208. The van der Waals surface area contributed by atoms with E-state index in [9.17, 15) is 0 Å². The van der Waals surface area contributed by atoms with Crippen molar-refractivity contribution in [1.82, 2.24) is 0 Å². The molecular weight excluding hydrogens is 188 g/mol. The van der Waals surface area contributed by atoms with Gasteiger partial charge in [0.2, 0.25) is 0 Å². The van der Waals surface area contributed by atoms with Gasteiger partial charge in [-0.1, -0.05) is 18.2 Å². The van der Waals surface area contributed by atoms with Crippen LogP contribution in [0.15, 0.2) is 24.3 Å². The second-order valence-electron chi connectivity index (χ2n) is 4.51. The molecule has 0 saturated carbocycles. The minimum atomic E-state index is -0.549. The third-order valence-corrected chi connectivity index (χ3v) is 2.43. The first kappa shape index (κ1) is 12.0. The Balaban J connectivity index is 2.94. The maximum atomic E-state index is 9.15. The monoisotopic (exact) mass is 208 g/mol. The smallest absolute Gasteiger partial charge is 0.0611 e. The van der Waals surface area contributed by atoms with E-state index in [-0.39, 0.29) is 6.61 Å². The van der Waals surface area contributed by atoms with E-state index in [2.05, 4.69) is 17.0 Å². The lowest BCUT2D eigenvalue weighted by Gasteiger charge is -2.25. The Bertz CT molecular complexity index is 321. The number of anilines is 1. The summed E-state index contributed by atoms with van der Waals surface area (Å²) < 4.78 is 0. The quantitative estimate of drug-likeness (QED) is 0.776. The molecular formula is C12H20N2O. The van der Waals surface area contributed by atoms with E-state index in [1.807, 2.05) is 33.2 Å². The molecule has 0 aliphatic rings. The van der Waals surface area contributed by atoms with Crippen molar-refractivity contribution in [2.24, 2.45) is 5.73 Å². The highest BCUT2D eigenvalue weighted by Gasteiger charge is 2.19. The summed E-state index contributed by atoms with van der Waals surface area (Å²) in [6, 6.07) is 8.11. The van der Waals surface area contributed by atoms with Crippen LogP contribution in [0, 0.1) is 0 Å². The average molecular weight is 208 g/mol. The van der Waals surface area contributed by atoms with Crippen LogP contribution in [-0.2, 0) is 6.42 Å². The molecule has 1 aromatic rings. The standard InChI is InChI=1S/C12H20N2O/c1-12(13,9-15)8-10-6-4-5-7-11(10)14(2)3/h4-7,15H,8-9,13H2,1-3H3. The average Bonchev–Trinajstić information content (AvgIpc) is 2.18. The van der Waals surface area contributed by atoms with Crippen molar-refractivity contribution in [1.29, 1.82) is 0 Å². The van der Waals surface area contributed by atoms with Gasteiger partial charge in [0.25, 0.3) is 0 Å². The molecule has 1 atom stereocenters. The number of aliphatic hydroxyl groups is 1. The zero-order valence-corrected chi connectivity index (χ0v) is 9.70. The number of hydrogen-bond donors (Lipinski definition) is 2. The van der Waals surface area contributed by atoms with Crippen LogP contribution in [0.2, 0.25) is 0 Å². The van der Waals surface area contributed by atoms with E-state index >= 15 is 0 Å². The Morgan fingerprint density at radius 2 is 1.93 bits per heavy atom. The third kappa shape index (κ3) is 3.22. The highest BCUT2D eigenvalue weighted by Crippen LogP contribution is 2.21. The second-order valence-corrected chi connectivity index (χ2v) is 4.51. The number of benzene rings is 1. The largest absolute Gasteiger partial charge is 0.394 e. The summed E-state index contributed by atoms with van der Waals surface area (Å²) in [6.07, 6.45) is 0.678. The normalized spacial score (nSPS) is 14.7. The molecule has 84 valence electrons. The summed E-state index contributed by atoms with van der Waals surface area (Å²) in [5.74, 6) is 0. The van der Waals surface area contributed by atoms with Crippen molar-refractivity contribution in [3.63, 3.8) is 0 Å². The molecule has 3 N–H and O–H groups in total. The van der Waals surface area contributed by atoms with Crippen LogP contribution in [0.1, 0.15) is 12.5 Å². The van der Waals surface area contributed by atoms with Crippen molar-refractivity contribution < 1.29 is 5.11 Å². The molecule has 1 aromatic carbocycles. The van der Waals surface area contributed by atoms with Crippen molar-refractivity contribution in [2.75, 3.05) is 25.6 Å². The highest BCUT2D eigenvalue weighted by molar-refractivity contribution is 5.52. The molecule has 3 nitrogen and oxygen atoms in total. The van der Waals surface area contributed by atoms with Gasteiger partial charge >= 0.3 is 0 Å². The van der Waals surface area contributed by atoms with Gasteiger partial charge in [0.15, 0.2) is 0 Å². The Labute approximate surface area is 91.5 Å². The zero-order valence-electron chi connectivity index (χ0n) is 9.70. The maximum absolute atomic E-state index is 9.15. The molecule has 0 saturated heterocycles. The van der Waals surface area contributed by atoms with Gasteiger partial charge in [0, 0.05) is 25.3 Å². The van der Waals surface area contributed by atoms with Crippen molar-refractivity contribution in [2.45, 2.75) is 18.9 Å². The van der Waals surface area contributed by atoms with Crippen LogP contribution in [-0.4, -0.2) is 31.3 Å². The zero-order chi connectivity index (χ0) is 11.5. The molecule has 0 bridgehead atoms. The summed E-state index contributed by atoms with van der Waals surface area (Å²) in [7, 11) is 4.01. The van der Waals surface area contributed by atoms with E-state index in [0.717, 1.165) is 5.69 Å². The lowest BCUT2D eigenvalue weighted by atomic mass is 9.93. The molecule has 0 radical (unpaired) electrons. The number of para-hydroxylation sites is 1. The minimum absolute atomic E-state index is 0.00520. The Hall–Kier alpha value is -1.06. The van der Waals surface area contributed by atoms with Crippen molar-refractivity contribution in [3.8, 4) is 0 Å². The Morgan fingerprint density at radius 1 is 1.33 bits per heavy atom. The number of aliphatic hydroxyl groups excluding tert-OH is 1. The molecule has 0 spiro atoms. The van der Waals surface area contributed by atoms with Gasteiger partial charge in [-0.3, -0.25) is 0 Å². The van der Waals surface area contributed by atoms with Crippen molar-refractivity contribution in [3.05, 3.63) is 29.8 Å².